The third-order valence-corrected chi connectivity index (χ3v) is 2.17. The Bertz CT molecular complexity index is 181. The molecule has 0 amide bonds. The minimum atomic E-state index is 1.23. The molecule has 1 aromatic rings. The minimum absolute atomic E-state index is 1.23. The fraction of sp³-hybridized carbons (Fsp3) is 0.400. The molecule has 54 valence electrons. The third kappa shape index (κ3) is 3.60. The van der Waals surface area contributed by atoms with Crippen molar-refractivity contribution in [3.05, 3.63) is 35.9 Å². The topological polar surface area (TPSA) is 0 Å². The van der Waals surface area contributed by atoms with Crippen LogP contribution in [0.25, 0.3) is 0 Å². The van der Waals surface area contributed by atoms with Crippen LogP contribution in [0.5, 0.6) is 0 Å². The van der Waals surface area contributed by atoms with E-state index in [2.05, 4.69) is 46.6 Å². The van der Waals surface area contributed by atoms with E-state index in [1.807, 2.05) is 0 Å². The Hall–Kier alpha value is -0.248. The first kappa shape index (κ1) is 8.85. The second-order valence-corrected chi connectivity index (χ2v) is 3.31. The van der Waals surface area contributed by atoms with Gasteiger partial charge >= 0.3 is 76.7 Å². The molecule has 1 heteroatoms. The molecule has 0 aliphatic carbocycles. The maximum atomic E-state index is 2.77. The summed E-state index contributed by atoms with van der Waals surface area (Å²) in [4.78, 5) is 0. The fourth-order valence-corrected chi connectivity index (χ4v) is 1.41. The summed E-state index contributed by atoms with van der Waals surface area (Å²) in [6, 6.07) is 10.7. The average Bonchev–Trinajstić information content (AvgIpc) is 2.07. The molecule has 0 fully saturated rings. The Morgan fingerprint density at radius 2 is 1.73 bits per heavy atom. The van der Waals surface area contributed by atoms with Gasteiger partial charge < -0.3 is 0 Å². The van der Waals surface area contributed by atoms with Crippen LogP contribution in [-0.4, -0.2) is 16.3 Å². The molecule has 0 bridgehead atoms. The predicted molar refractivity (Wildman–Crippen MR) is 49.9 cm³/mol. The zero-order valence-corrected chi connectivity index (χ0v) is 7.95. The molecular formula is C10H13Al+2. The summed E-state index contributed by atoms with van der Waals surface area (Å²) in [5, 5.41) is 1.23. The fourth-order valence-electron chi connectivity index (χ4n) is 1.12. The molecular weight excluding hydrogens is 147 g/mol. The van der Waals surface area contributed by atoms with Crippen LogP contribution in [0.1, 0.15) is 18.4 Å². The van der Waals surface area contributed by atoms with E-state index in [-0.39, 0.29) is 0 Å². The molecule has 0 atom stereocenters. The summed E-state index contributed by atoms with van der Waals surface area (Å²) in [6.45, 7) is 0. The Labute approximate surface area is 77.1 Å². The van der Waals surface area contributed by atoms with E-state index >= 15 is 0 Å². The molecule has 0 N–H and O–H groups in total. The number of unbranched alkanes of at least 4 members (excludes halogenated alkanes) is 1. The summed E-state index contributed by atoms with van der Waals surface area (Å²) >= 11 is 2.77. The Kier molecular flexibility index (Phi) is 4.35. The summed E-state index contributed by atoms with van der Waals surface area (Å²) in [5.41, 5.74) is 1.46. The van der Waals surface area contributed by atoms with Crippen LogP contribution in [0.4, 0.5) is 0 Å². The van der Waals surface area contributed by atoms with Crippen LogP contribution >= 0.6 is 0 Å². The van der Waals surface area contributed by atoms with Gasteiger partial charge in [-0.3, -0.25) is 0 Å². The molecule has 1 rings (SSSR count). The van der Waals surface area contributed by atoms with Gasteiger partial charge in [0.05, 0.1) is 0 Å². The first-order valence-electron chi connectivity index (χ1n) is 4.17. The molecule has 0 heterocycles. The van der Waals surface area contributed by atoms with E-state index in [9.17, 15) is 0 Å². The van der Waals surface area contributed by atoms with Crippen LogP contribution in [0.2, 0.25) is 5.28 Å². The molecule has 0 unspecified atom stereocenters. The summed E-state index contributed by atoms with van der Waals surface area (Å²) in [6.07, 6.45) is 3.86. The van der Waals surface area contributed by atoms with Crippen molar-refractivity contribution in [2.75, 3.05) is 0 Å². The molecule has 0 nitrogen and oxygen atoms in total. The van der Waals surface area contributed by atoms with Crippen LogP contribution < -0.4 is 0 Å². The van der Waals surface area contributed by atoms with Gasteiger partial charge in [-0.1, -0.05) is 0 Å². The molecule has 11 heavy (non-hydrogen) atoms. The van der Waals surface area contributed by atoms with Gasteiger partial charge in [0.1, 0.15) is 0 Å². The van der Waals surface area contributed by atoms with Gasteiger partial charge in [0.25, 0.3) is 0 Å². The van der Waals surface area contributed by atoms with Gasteiger partial charge in [0, 0.05) is 0 Å². The quantitative estimate of drug-likeness (QED) is 0.469. The Balaban J connectivity index is 2.28. The van der Waals surface area contributed by atoms with Gasteiger partial charge in [0.2, 0.25) is 0 Å². The van der Waals surface area contributed by atoms with Crippen LogP contribution in [0, 0.1) is 0 Å². The van der Waals surface area contributed by atoms with Crippen molar-refractivity contribution in [2.24, 2.45) is 0 Å². The number of hydrogen-bond donors (Lipinski definition) is 0. The first-order chi connectivity index (χ1) is 5.43. The van der Waals surface area contributed by atoms with E-state index < -0.39 is 0 Å². The third-order valence-electron chi connectivity index (χ3n) is 1.76. The zero-order valence-electron chi connectivity index (χ0n) is 6.79. The Morgan fingerprint density at radius 3 is 2.36 bits per heavy atom. The van der Waals surface area contributed by atoms with Gasteiger partial charge in [-0.2, -0.15) is 0 Å². The van der Waals surface area contributed by atoms with E-state index in [0.717, 1.165) is 0 Å². The van der Waals surface area contributed by atoms with Crippen molar-refractivity contribution in [3.8, 4) is 0 Å². The van der Waals surface area contributed by atoms with Crippen molar-refractivity contribution < 1.29 is 0 Å². The molecule has 0 spiro atoms. The van der Waals surface area contributed by atoms with Crippen LogP contribution in [0.15, 0.2) is 30.3 Å². The molecule has 0 saturated heterocycles. The molecule has 0 radical (unpaired) electrons. The van der Waals surface area contributed by atoms with Gasteiger partial charge in [-0.15, -0.1) is 0 Å². The number of hydrogen-bond acceptors (Lipinski definition) is 0. The van der Waals surface area contributed by atoms with E-state index in [1.54, 1.807) is 0 Å². The van der Waals surface area contributed by atoms with Gasteiger partial charge in [-0.05, 0) is 0 Å². The summed E-state index contributed by atoms with van der Waals surface area (Å²) in [7, 11) is 0. The summed E-state index contributed by atoms with van der Waals surface area (Å²) < 4.78 is 0. The summed E-state index contributed by atoms with van der Waals surface area (Å²) in [5.74, 6) is 0. The van der Waals surface area contributed by atoms with Crippen LogP contribution in [-0.2, 0) is 6.42 Å². The van der Waals surface area contributed by atoms with Crippen LogP contribution in [0.3, 0.4) is 0 Å². The van der Waals surface area contributed by atoms with Gasteiger partial charge in [0.15, 0.2) is 0 Å². The first-order valence-corrected chi connectivity index (χ1v) is 4.99. The van der Waals surface area contributed by atoms with Crippen molar-refractivity contribution in [3.63, 3.8) is 0 Å². The Morgan fingerprint density at radius 1 is 1.00 bits per heavy atom. The second-order valence-electron chi connectivity index (χ2n) is 2.73. The standard InChI is InChI=1S/C10H13.Al/c1-2-3-7-10-8-5-4-6-9-10;/h4-6,8-9H,1-3,7H2;/q;+2. The predicted octanol–water partition coefficient (Wildman–Crippen LogP) is 2.60. The monoisotopic (exact) mass is 160 g/mol. The maximum absolute atomic E-state index is 2.77. The number of aryl methyl sites for hydroxylation is 1. The van der Waals surface area contributed by atoms with E-state index in [1.165, 1.54) is 30.1 Å². The molecule has 1 aromatic carbocycles. The molecule has 0 saturated carbocycles. The van der Waals surface area contributed by atoms with Crippen molar-refractivity contribution in [1.29, 1.82) is 0 Å². The second kappa shape index (κ2) is 5.41. The number of benzene rings is 1. The van der Waals surface area contributed by atoms with Crippen molar-refractivity contribution in [1.82, 2.24) is 0 Å². The zero-order chi connectivity index (χ0) is 7.94. The average molecular weight is 160 g/mol. The van der Waals surface area contributed by atoms with E-state index in [0.29, 0.717) is 0 Å². The van der Waals surface area contributed by atoms with Gasteiger partial charge in [-0.25, -0.2) is 0 Å². The van der Waals surface area contributed by atoms with Crippen molar-refractivity contribution >= 4 is 16.3 Å². The molecule has 0 aliphatic heterocycles. The number of rotatable bonds is 4. The molecule has 0 aliphatic rings. The van der Waals surface area contributed by atoms with E-state index in [4.69, 9.17) is 0 Å². The molecule has 0 aromatic heterocycles. The normalized spacial score (nSPS) is 10.0. The van der Waals surface area contributed by atoms with Crippen molar-refractivity contribution in [2.45, 2.75) is 24.5 Å². The SMILES string of the molecule is [Al+2][CH2]CCCc1ccccc1.